The number of benzene rings is 1. The number of nitrogens with zero attached hydrogens (tertiary/aromatic N) is 4. The number of hydrogen-bond acceptors (Lipinski definition) is 6. The number of Topliss-reactive ketones (excluding diaryl/α,β-unsaturated/α-hetero) is 1. The van der Waals surface area contributed by atoms with Crippen LogP contribution in [0.25, 0.3) is 11.3 Å². The molecule has 3 rings (SSSR count). The average Bonchev–Trinajstić information content (AvgIpc) is 3.01. The van der Waals surface area contributed by atoms with Gasteiger partial charge in [0.05, 0.1) is 16.8 Å². The Kier molecular flexibility index (Phi) is 4.68. The zero-order valence-corrected chi connectivity index (χ0v) is 15.0. The minimum absolute atomic E-state index is 0.250. The van der Waals surface area contributed by atoms with Crippen molar-refractivity contribution >= 4 is 17.1 Å². The lowest BCUT2D eigenvalue weighted by Crippen LogP contribution is -2.15. The molecule has 1 aromatic carbocycles. The highest BCUT2D eigenvalue weighted by atomic mass is 32.1. The molecule has 0 unspecified atom stereocenters. The van der Waals surface area contributed by atoms with Crippen molar-refractivity contribution in [2.24, 2.45) is 0 Å². The number of carbonyl (C=O) groups excluding carboxylic acids is 1. The number of thiazole rings is 1. The monoisotopic (exact) mass is 348 g/mol. The summed E-state index contributed by atoms with van der Waals surface area (Å²) in [6.07, 6.45) is 0. The van der Waals surface area contributed by atoms with E-state index in [-0.39, 0.29) is 11.6 Å². The lowest BCUT2D eigenvalue weighted by molar-refractivity contribution is 0.0976. The van der Waals surface area contributed by atoms with Gasteiger partial charge < -0.3 is 0 Å². The van der Waals surface area contributed by atoms with Crippen LogP contribution < -0.4 is 0 Å². The van der Waals surface area contributed by atoms with Crippen LogP contribution in [0.4, 0.5) is 0 Å². The van der Waals surface area contributed by atoms with E-state index >= 15 is 0 Å². The summed E-state index contributed by atoms with van der Waals surface area (Å²) in [6, 6.07) is 11.0. The zero-order valence-electron chi connectivity index (χ0n) is 14.1. The molecule has 124 valence electrons. The number of hydrogen-bond donors (Lipinski definition) is 0. The predicted molar refractivity (Wildman–Crippen MR) is 96.5 cm³/mol. The third kappa shape index (κ3) is 3.62. The number of carbonyl (C=O) groups is 1. The van der Waals surface area contributed by atoms with Gasteiger partial charge in [0, 0.05) is 27.9 Å². The van der Waals surface area contributed by atoms with Crippen LogP contribution in [0.2, 0.25) is 0 Å². The number of nitriles is 1. The molecule has 0 fully saturated rings. The molecule has 0 saturated heterocycles. The van der Waals surface area contributed by atoms with Gasteiger partial charge in [-0.15, -0.1) is 11.3 Å². The highest BCUT2D eigenvalue weighted by molar-refractivity contribution is 7.09. The summed E-state index contributed by atoms with van der Waals surface area (Å²) in [5.41, 5.74) is 3.61. The van der Waals surface area contributed by atoms with Crippen molar-refractivity contribution < 1.29 is 4.79 Å². The van der Waals surface area contributed by atoms with E-state index in [1.807, 2.05) is 44.4 Å². The third-order valence-electron chi connectivity index (χ3n) is 3.71. The van der Waals surface area contributed by atoms with Gasteiger partial charge >= 0.3 is 0 Å². The Hall–Kier alpha value is -2.91. The van der Waals surface area contributed by atoms with Crippen LogP contribution in [-0.2, 0) is 0 Å². The summed E-state index contributed by atoms with van der Waals surface area (Å²) in [5, 5.41) is 12.4. The van der Waals surface area contributed by atoms with Crippen LogP contribution in [-0.4, -0.2) is 20.7 Å². The summed E-state index contributed by atoms with van der Waals surface area (Å²) in [6.45, 7) is 5.58. The van der Waals surface area contributed by atoms with E-state index in [4.69, 9.17) is 0 Å². The van der Waals surface area contributed by atoms with Crippen LogP contribution in [0.1, 0.15) is 38.5 Å². The molecule has 2 aromatic heterocycles. The van der Waals surface area contributed by atoms with Gasteiger partial charge in [-0.25, -0.2) is 15.0 Å². The Morgan fingerprint density at radius 2 is 1.84 bits per heavy atom. The largest absolute Gasteiger partial charge is 0.292 e. The summed E-state index contributed by atoms with van der Waals surface area (Å²) >= 11 is 1.56. The van der Waals surface area contributed by atoms with E-state index in [9.17, 15) is 10.1 Å². The maximum atomic E-state index is 12.9. The number of aryl methyl sites for hydroxylation is 3. The minimum atomic E-state index is -1.02. The molecule has 6 heteroatoms. The van der Waals surface area contributed by atoms with Crippen molar-refractivity contribution in [1.82, 2.24) is 15.0 Å². The Balaban J connectivity index is 1.98. The maximum Gasteiger partial charge on any atom is 0.187 e. The van der Waals surface area contributed by atoms with Crippen molar-refractivity contribution in [3.63, 3.8) is 0 Å². The van der Waals surface area contributed by atoms with Gasteiger partial charge in [-0.1, -0.05) is 18.2 Å². The molecule has 0 bridgehead atoms. The summed E-state index contributed by atoms with van der Waals surface area (Å²) in [4.78, 5) is 25.9. The fourth-order valence-electron chi connectivity index (χ4n) is 2.61. The van der Waals surface area contributed by atoms with E-state index in [0.717, 1.165) is 27.7 Å². The number of aromatic nitrogens is 3. The van der Waals surface area contributed by atoms with E-state index in [1.165, 1.54) is 0 Å². The third-order valence-corrected chi connectivity index (χ3v) is 4.48. The number of rotatable bonds is 4. The lowest BCUT2D eigenvalue weighted by atomic mass is 9.96. The van der Waals surface area contributed by atoms with Crippen LogP contribution in [0.3, 0.4) is 0 Å². The number of ketones is 1. The first kappa shape index (κ1) is 16.9. The molecule has 1 atom stereocenters. The van der Waals surface area contributed by atoms with Crippen LogP contribution in [0, 0.1) is 32.1 Å². The lowest BCUT2D eigenvalue weighted by Gasteiger charge is -2.09. The Morgan fingerprint density at radius 1 is 1.12 bits per heavy atom. The van der Waals surface area contributed by atoms with Gasteiger partial charge in [0.25, 0.3) is 0 Å². The minimum Gasteiger partial charge on any atom is -0.292 e. The first-order chi connectivity index (χ1) is 12.0. The molecule has 0 N–H and O–H groups in total. The van der Waals surface area contributed by atoms with E-state index in [2.05, 4.69) is 15.0 Å². The maximum absolute atomic E-state index is 12.9. The van der Waals surface area contributed by atoms with E-state index in [0.29, 0.717) is 5.56 Å². The second-order valence-corrected chi connectivity index (χ2v) is 6.83. The van der Waals surface area contributed by atoms with Gasteiger partial charge in [-0.3, -0.25) is 4.79 Å². The first-order valence-corrected chi connectivity index (χ1v) is 8.64. The van der Waals surface area contributed by atoms with Crippen molar-refractivity contribution in [2.75, 3.05) is 0 Å². The Labute approximate surface area is 150 Å². The highest BCUT2D eigenvalue weighted by Crippen LogP contribution is 2.25. The zero-order chi connectivity index (χ0) is 18.0. The van der Waals surface area contributed by atoms with Gasteiger partial charge in [-0.05, 0) is 32.9 Å². The van der Waals surface area contributed by atoms with Crippen LogP contribution in [0.5, 0.6) is 0 Å². The molecule has 3 aromatic rings. The summed E-state index contributed by atoms with van der Waals surface area (Å²) in [7, 11) is 0. The van der Waals surface area contributed by atoms with Gasteiger partial charge in [0.1, 0.15) is 0 Å². The van der Waals surface area contributed by atoms with Crippen molar-refractivity contribution in [3.8, 4) is 17.3 Å². The quantitative estimate of drug-likeness (QED) is 0.665. The van der Waals surface area contributed by atoms with E-state index in [1.54, 1.807) is 29.5 Å². The Bertz CT molecular complexity index is 967. The molecule has 0 aliphatic heterocycles. The van der Waals surface area contributed by atoms with Gasteiger partial charge in [0.2, 0.25) is 0 Å². The molecular weight excluding hydrogens is 332 g/mol. The molecule has 0 aliphatic carbocycles. The topological polar surface area (TPSA) is 79.5 Å². The molecule has 0 spiro atoms. The highest BCUT2D eigenvalue weighted by Gasteiger charge is 2.25. The SMILES string of the molecule is Cc1cc(C)nc([C@@H](C#N)C(=O)c2cccc(-c3csc(C)n3)c2)n1. The molecule has 5 nitrogen and oxygen atoms in total. The summed E-state index contributed by atoms with van der Waals surface area (Å²) < 4.78 is 0. The predicted octanol–water partition coefficient (Wildman–Crippen LogP) is 4.02. The fraction of sp³-hybridized carbons (Fsp3) is 0.211. The fourth-order valence-corrected chi connectivity index (χ4v) is 3.23. The average molecular weight is 348 g/mol. The van der Waals surface area contributed by atoms with E-state index < -0.39 is 5.92 Å². The molecule has 2 heterocycles. The molecule has 0 radical (unpaired) electrons. The van der Waals surface area contributed by atoms with Gasteiger partial charge in [0.15, 0.2) is 17.5 Å². The second-order valence-electron chi connectivity index (χ2n) is 5.77. The first-order valence-electron chi connectivity index (χ1n) is 7.76. The van der Waals surface area contributed by atoms with Crippen molar-refractivity contribution in [2.45, 2.75) is 26.7 Å². The molecule has 0 amide bonds. The van der Waals surface area contributed by atoms with Crippen molar-refractivity contribution in [1.29, 1.82) is 5.26 Å². The standard InChI is InChI=1S/C19H16N4OS/c1-11-7-12(2)22-19(21-11)16(9-20)18(24)15-6-4-5-14(8-15)17-10-25-13(3)23-17/h4-8,10,16H,1-3H3/t16-/m0/s1. The Morgan fingerprint density at radius 3 is 2.44 bits per heavy atom. The van der Waals surface area contributed by atoms with Gasteiger partial charge in [-0.2, -0.15) is 5.26 Å². The van der Waals surface area contributed by atoms with Crippen LogP contribution in [0.15, 0.2) is 35.7 Å². The second kappa shape index (κ2) is 6.91. The molecule has 0 saturated carbocycles. The molecular formula is C19H16N4OS. The van der Waals surface area contributed by atoms with Crippen LogP contribution >= 0.6 is 11.3 Å². The summed E-state index contributed by atoms with van der Waals surface area (Å²) in [5.74, 6) is -1.08. The normalized spacial score (nSPS) is 11.8. The smallest absolute Gasteiger partial charge is 0.187 e. The molecule has 0 aliphatic rings. The van der Waals surface area contributed by atoms with Crippen molar-refractivity contribution in [3.05, 3.63) is 63.5 Å². The molecule has 25 heavy (non-hydrogen) atoms.